The number of rotatable bonds is 4. The number of aromatic nitrogens is 1. The number of carbonyl (C=O) groups is 2. The summed E-state index contributed by atoms with van der Waals surface area (Å²) in [6.07, 6.45) is -3.33. The van der Waals surface area contributed by atoms with Gasteiger partial charge in [-0.25, -0.2) is 9.78 Å². The van der Waals surface area contributed by atoms with Gasteiger partial charge in [0.1, 0.15) is 0 Å². The van der Waals surface area contributed by atoms with Gasteiger partial charge in [0.15, 0.2) is 0 Å². The monoisotopic (exact) mass is 447 g/mol. The fraction of sp³-hybridized carbons (Fsp3) is 0.500. The molecule has 1 N–H and O–H groups in total. The number of thiophene rings is 1. The standard InChI is InChI=1S/C16H19N3OS2.C2HF3O2/c1-11-17-12(10-22-11)8-19-14-4-5-18(15(14)7-16(19)20)9-13-3-2-6-21-13;3-2(4,5)1(6)7/h2-3,6,10,14-15H,4-5,7-9H2,1H3;(H,6,7). The maximum absolute atomic E-state index is 12.4. The molecule has 2 aromatic heterocycles. The molecule has 29 heavy (non-hydrogen) atoms. The number of fused-ring (bicyclic) bond motifs is 1. The number of carboxylic acid groups (broad SMARTS) is 1. The minimum atomic E-state index is -5.08. The number of carbonyl (C=O) groups excluding carboxylic acids is 1. The maximum Gasteiger partial charge on any atom is 0.490 e. The van der Waals surface area contributed by atoms with Crippen molar-refractivity contribution in [1.29, 1.82) is 0 Å². The van der Waals surface area contributed by atoms with Crippen LogP contribution in [0.15, 0.2) is 22.9 Å². The molecule has 2 fully saturated rings. The average Bonchev–Trinajstić information content (AvgIpc) is 3.39. The average molecular weight is 448 g/mol. The van der Waals surface area contributed by atoms with E-state index in [0.717, 1.165) is 30.2 Å². The van der Waals surface area contributed by atoms with E-state index in [1.807, 2.05) is 6.92 Å². The molecule has 0 aliphatic carbocycles. The second-order valence-corrected chi connectivity index (χ2v) is 8.95. The third kappa shape index (κ3) is 5.34. The van der Waals surface area contributed by atoms with E-state index in [9.17, 15) is 18.0 Å². The highest BCUT2D eigenvalue weighted by molar-refractivity contribution is 7.10. The normalized spacial score (nSPS) is 21.8. The molecule has 4 rings (SSSR count). The first-order chi connectivity index (χ1) is 13.6. The molecule has 2 aliphatic heterocycles. The Kier molecular flexibility index (Phi) is 6.59. The number of likely N-dealkylation sites (tertiary alicyclic amines) is 2. The predicted molar refractivity (Wildman–Crippen MR) is 103 cm³/mol. The predicted octanol–water partition coefficient (Wildman–Crippen LogP) is 3.52. The fourth-order valence-electron chi connectivity index (χ4n) is 3.67. The molecule has 0 aromatic carbocycles. The molecular formula is C18H20F3N3O3S2. The second-order valence-electron chi connectivity index (χ2n) is 6.86. The number of carboxylic acids is 1. The van der Waals surface area contributed by atoms with Crippen molar-refractivity contribution in [3.05, 3.63) is 38.5 Å². The Bertz CT molecular complexity index is 854. The summed E-state index contributed by atoms with van der Waals surface area (Å²) in [5.41, 5.74) is 1.04. The molecular weight excluding hydrogens is 427 g/mol. The lowest BCUT2D eigenvalue weighted by Gasteiger charge is -2.24. The lowest BCUT2D eigenvalue weighted by Crippen LogP contribution is -2.36. The number of nitrogens with zero attached hydrogens (tertiary/aromatic N) is 3. The van der Waals surface area contributed by atoms with Crippen molar-refractivity contribution in [1.82, 2.24) is 14.8 Å². The van der Waals surface area contributed by atoms with E-state index in [1.54, 1.807) is 22.7 Å². The molecule has 2 atom stereocenters. The van der Waals surface area contributed by atoms with Gasteiger partial charge in [0.25, 0.3) is 0 Å². The largest absolute Gasteiger partial charge is 0.490 e. The lowest BCUT2D eigenvalue weighted by atomic mass is 10.1. The number of thiazole rings is 1. The van der Waals surface area contributed by atoms with Crippen molar-refractivity contribution in [2.24, 2.45) is 0 Å². The van der Waals surface area contributed by atoms with Crippen molar-refractivity contribution in [3.8, 4) is 0 Å². The van der Waals surface area contributed by atoms with Crippen LogP contribution in [0.5, 0.6) is 0 Å². The minimum absolute atomic E-state index is 0.288. The first-order valence-corrected chi connectivity index (χ1v) is 10.7. The molecule has 2 aliphatic rings. The van der Waals surface area contributed by atoms with Gasteiger partial charge in [-0.3, -0.25) is 9.69 Å². The van der Waals surface area contributed by atoms with E-state index in [0.29, 0.717) is 25.0 Å². The highest BCUT2D eigenvalue weighted by atomic mass is 32.1. The first-order valence-electron chi connectivity index (χ1n) is 8.92. The summed E-state index contributed by atoms with van der Waals surface area (Å²) in [4.78, 5) is 31.8. The number of alkyl halides is 3. The van der Waals surface area contributed by atoms with Gasteiger partial charge in [0, 0.05) is 41.9 Å². The topological polar surface area (TPSA) is 73.7 Å². The Labute approximate surface area is 173 Å². The number of aliphatic carboxylic acids is 1. The molecule has 0 saturated carbocycles. The van der Waals surface area contributed by atoms with Crippen molar-refractivity contribution >= 4 is 34.6 Å². The van der Waals surface area contributed by atoms with E-state index in [4.69, 9.17) is 9.90 Å². The van der Waals surface area contributed by atoms with E-state index in [2.05, 4.69) is 37.7 Å². The summed E-state index contributed by atoms with van der Waals surface area (Å²) >= 11 is 3.46. The van der Waals surface area contributed by atoms with Crippen LogP contribution < -0.4 is 0 Å². The summed E-state index contributed by atoms with van der Waals surface area (Å²) in [6, 6.07) is 5.04. The third-order valence-corrected chi connectivity index (χ3v) is 6.59. The highest BCUT2D eigenvalue weighted by Gasteiger charge is 2.46. The van der Waals surface area contributed by atoms with Crippen LogP contribution in [0.25, 0.3) is 0 Å². The Balaban J connectivity index is 0.000000298. The van der Waals surface area contributed by atoms with Crippen molar-refractivity contribution in [3.63, 3.8) is 0 Å². The van der Waals surface area contributed by atoms with Gasteiger partial charge >= 0.3 is 12.1 Å². The molecule has 1 amide bonds. The molecule has 158 valence electrons. The van der Waals surface area contributed by atoms with Gasteiger partial charge < -0.3 is 10.0 Å². The molecule has 2 unspecified atom stereocenters. The molecule has 0 spiro atoms. The fourth-order valence-corrected chi connectivity index (χ4v) is 5.00. The van der Waals surface area contributed by atoms with Crippen molar-refractivity contribution in [2.45, 2.75) is 51.1 Å². The van der Waals surface area contributed by atoms with Crippen molar-refractivity contribution < 1.29 is 27.9 Å². The molecule has 0 bridgehead atoms. The van der Waals surface area contributed by atoms with Crippen LogP contribution in [0.2, 0.25) is 0 Å². The molecule has 4 heterocycles. The van der Waals surface area contributed by atoms with Crippen LogP contribution in [0.4, 0.5) is 13.2 Å². The van der Waals surface area contributed by atoms with Crippen LogP contribution in [0.3, 0.4) is 0 Å². The Hall–Kier alpha value is -1.98. The minimum Gasteiger partial charge on any atom is -0.475 e. The van der Waals surface area contributed by atoms with Gasteiger partial charge in [-0.05, 0) is 24.8 Å². The number of hydrogen-bond acceptors (Lipinski definition) is 6. The Morgan fingerprint density at radius 2 is 2.03 bits per heavy atom. The zero-order chi connectivity index (χ0) is 21.2. The van der Waals surface area contributed by atoms with Crippen LogP contribution in [-0.4, -0.2) is 56.6 Å². The van der Waals surface area contributed by atoms with Gasteiger partial charge in [0.2, 0.25) is 5.91 Å². The number of aryl methyl sites for hydroxylation is 1. The van der Waals surface area contributed by atoms with E-state index in [-0.39, 0.29) is 5.91 Å². The van der Waals surface area contributed by atoms with Gasteiger partial charge in [-0.1, -0.05) is 6.07 Å². The number of halogens is 3. The van der Waals surface area contributed by atoms with Gasteiger partial charge in [-0.15, -0.1) is 22.7 Å². The van der Waals surface area contributed by atoms with E-state index >= 15 is 0 Å². The van der Waals surface area contributed by atoms with Crippen LogP contribution in [0.1, 0.15) is 28.4 Å². The molecule has 6 nitrogen and oxygen atoms in total. The number of amides is 1. The van der Waals surface area contributed by atoms with E-state index in [1.165, 1.54) is 4.88 Å². The third-order valence-electron chi connectivity index (χ3n) is 4.91. The smallest absolute Gasteiger partial charge is 0.475 e. The summed E-state index contributed by atoms with van der Waals surface area (Å²) in [7, 11) is 0. The molecule has 0 radical (unpaired) electrons. The SMILES string of the molecule is Cc1nc(CN2C(=O)CC3C2CCN3Cc2cccs2)cs1.O=C(O)C(F)(F)F. The molecule has 2 aromatic rings. The molecule has 11 heteroatoms. The quantitative estimate of drug-likeness (QED) is 0.776. The van der Waals surface area contributed by atoms with Crippen molar-refractivity contribution in [2.75, 3.05) is 6.54 Å². The first kappa shape index (κ1) is 21.7. The second kappa shape index (κ2) is 8.80. The number of hydrogen-bond donors (Lipinski definition) is 1. The summed E-state index contributed by atoms with van der Waals surface area (Å²) in [5, 5.41) is 12.4. The van der Waals surface area contributed by atoms with Crippen LogP contribution >= 0.6 is 22.7 Å². The Morgan fingerprint density at radius 1 is 1.31 bits per heavy atom. The lowest BCUT2D eigenvalue weighted by molar-refractivity contribution is -0.192. The summed E-state index contributed by atoms with van der Waals surface area (Å²) in [5.74, 6) is -2.47. The zero-order valence-corrected chi connectivity index (χ0v) is 17.2. The maximum atomic E-state index is 12.4. The van der Waals surface area contributed by atoms with Crippen LogP contribution in [0, 0.1) is 6.92 Å². The van der Waals surface area contributed by atoms with Gasteiger partial charge in [0.05, 0.1) is 17.2 Å². The van der Waals surface area contributed by atoms with Crippen LogP contribution in [-0.2, 0) is 22.7 Å². The van der Waals surface area contributed by atoms with Gasteiger partial charge in [-0.2, -0.15) is 13.2 Å². The highest BCUT2D eigenvalue weighted by Crippen LogP contribution is 2.35. The summed E-state index contributed by atoms with van der Waals surface area (Å²) < 4.78 is 31.7. The zero-order valence-electron chi connectivity index (χ0n) is 15.6. The van der Waals surface area contributed by atoms with E-state index < -0.39 is 12.1 Å². The Morgan fingerprint density at radius 3 is 2.59 bits per heavy atom. The molecule has 2 saturated heterocycles. The summed E-state index contributed by atoms with van der Waals surface area (Å²) in [6.45, 7) is 4.77.